The van der Waals surface area contributed by atoms with Crippen LogP contribution in [0.2, 0.25) is 5.02 Å². The van der Waals surface area contributed by atoms with Crippen LogP contribution in [0.5, 0.6) is 0 Å². The first kappa shape index (κ1) is 14.5. The molecule has 0 amide bonds. The topological polar surface area (TPSA) is 24.9 Å². The van der Waals surface area contributed by atoms with Crippen LogP contribution in [0.4, 0.5) is 0 Å². The SMILES string of the molecule is CCCC(C)C(Cc1ccncc1Cl)NCC. The second-order valence-corrected chi connectivity index (χ2v) is 5.01. The minimum absolute atomic E-state index is 0.500. The van der Waals surface area contributed by atoms with Gasteiger partial charge in [0, 0.05) is 18.4 Å². The second kappa shape index (κ2) is 7.67. The summed E-state index contributed by atoms with van der Waals surface area (Å²) in [4.78, 5) is 4.03. The van der Waals surface area contributed by atoms with Crippen LogP contribution < -0.4 is 5.32 Å². The Balaban J connectivity index is 2.69. The molecular weight excluding hydrogens is 232 g/mol. The van der Waals surface area contributed by atoms with Crippen LogP contribution in [-0.4, -0.2) is 17.6 Å². The van der Waals surface area contributed by atoms with Crippen LogP contribution in [0.3, 0.4) is 0 Å². The fourth-order valence-corrected chi connectivity index (χ4v) is 2.40. The molecule has 2 unspecified atom stereocenters. The van der Waals surface area contributed by atoms with Crippen molar-refractivity contribution in [3.05, 3.63) is 29.0 Å². The van der Waals surface area contributed by atoms with Crippen LogP contribution in [-0.2, 0) is 6.42 Å². The molecule has 1 aromatic rings. The smallest absolute Gasteiger partial charge is 0.0621 e. The number of likely N-dealkylation sites (N-methyl/N-ethyl adjacent to an activating group) is 1. The highest BCUT2D eigenvalue weighted by Crippen LogP contribution is 2.20. The number of nitrogens with one attached hydrogen (secondary N) is 1. The number of aromatic nitrogens is 1. The molecule has 0 aliphatic carbocycles. The third-order valence-electron chi connectivity index (χ3n) is 3.19. The summed E-state index contributed by atoms with van der Waals surface area (Å²) < 4.78 is 0. The van der Waals surface area contributed by atoms with E-state index in [0.717, 1.165) is 18.0 Å². The van der Waals surface area contributed by atoms with Crippen molar-refractivity contribution < 1.29 is 0 Å². The van der Waals surface area contributed by atoms with E-state index in [0.29, 0.717) is 12.0 Å². The number of rotatable bonds is 7. The van der Waals surface area contributed by atoms with E-state index in [9.17, 15) is 0 Å². The van der Waals surface area contributed by atoms with E-state index < -0.39 is 0 Å². The molecule has 17 heavy (non-hydrogen) atoms. The largest absolute Gasteiger partial charge is 0.314 e. The van der Waals surface area contributed by atoms with E-state index in [4.69, 9.17) is 11.6 Å². The van der Waals surface area contributed by atoms with Gasteiger partial charge in [-0.3, -0.25) is 4.98 Å². The molecule has 0 aliphatic rings. The maximum atomic E-state index is 6.16. The Bertz CT molecular complexity index is 328. The van der Waals surface area contributed by atoms with Gasteiger partial charge in [-0.15, -0.1) is 0 Å². The molecule has 0 aliphatic heterocycles. The lowest BCUT2D eigenvalue weighted by molar-refractivity contribution is 0.358. The quantitative estimate of drug-likeness (QED) is 0.803. The van der Waals surface area contributed by atoms with Crippen molar-refractivity contribution in [3.8, 4) is 0 Å². The van der Waals surface area contributed by atoms with Crippen LogP contribution in [0.25, 0.3) is 0 Å². The summed E-state index contributed by atoms with van der Waals surface area (Å²) in [6.45, 7) is 7.70. The molecule has 3 heteroatoms. The van der Waals surface area contributed by atoms with Gasteiger partial charge in [0.1, 0.15) is 0 Å². The van der Waals surface area contributed by atoms with E-state index in [1.54, 1.807) is 6.20 Å². The molecule has 2 nitrogen and oxygen atoms in total. The highest BCUT2D eigenvalue weighted by molar-refractivity contribution is 6.31. The van der Waals surface area contributed by atoms with Gasteiger partial charge in [0.25, 0.3) is 0 Å². The summed E-state index contributed by atoms with van der Waals surface area (Å²) in [6.07, 6.45) is 7.00. The van der Waals surface area contributed by atoms with Gasteiger partial charge >= 0.3 is 0 Å². The Hall–Kier alpha value is -0.600. The minimum Gasteiger partial charge on any atom is -0.314 e. The predicted molar refractivity (Wildman–Crippen MR) is 74.5 cm³/mol. The average molecular weight is 255 g/mol. The minimum atomic E-state index is 0.500. The lowest BCUT2D eigenvalue weighted by Crippen LogP contribution is -2.36. The Morgan fingerprint density at radius 3 is 2.76 bits per heavy atom. The predicted octanol–water partition coefficient (Wildman–Crippen LogP) is 3.69. The standard InChI is InChI=1S/C14H23ClN2/c1-4-6-11(3)14(17-5-2)9-12-7-8-16-10-13(12)15/h7-8,10-11,14,17H,4-6,9H2,1-3H3. The van der Waals surface area contributed by atoms with Crippen LogP contribution >= 0.6 is 11.6 Å². The second-order valence-electron chi connectivity index (χ2n) is 4.60. The normalized spacial score (nSPS) is 14.6. The average Bonchev–Trinajstić information content (AvgIpc) is 2.31. The fraction of sp³-hybridized carbons (Fsp3) is 0.643. The molecule has 0 saturated carbocycles. The molecule has 1 rings (SSSR count). The van der Waals surface area contributed by atoms with E-state index in [1.807, 2.05) is 12.3 Å². The van der Waals surface area contributed by atoms with Gasteiger partial charge in [-0.25, -0.2) is 0 Å². The van der Waals surface area contributed by atoms with Crippen LogP contribution in [0, 0.1) is 5.92 Å². The number of nitrogens with zero attached hydrogens (tertiary/aromatic N) is 1. The zero-order valence-electron chi connectivity index (χ0n) is 11.0. The molecular formula is C14H23ClN2. The van der Waals surface area contributed by atoms with Gasteiger partial charge < -0.3 is 5.32 Å². The highest BCUT2D eigenvalue weighted by Gasteiger charge is 2.17. The first-order valence-corrected chi connectivity index (χ1v) is 6.88. The molecule has 0 bridgehead atoms. The van der Waals surface area contributed by atoms with E-state index in [-0.39, 0.29) is 0 Å². The lowest BCUT2D eigenvalue weighted by Gasteiger charge is -2.25. The Morgan fingerprint density at radius 1 is 1.41 bits per heavy atom. The maximum Gasteiger partial charge on any atom is 0.0621 e. The molecule has 1 heterocycles. The highest BCUT2D eigenvalue weighted by atomic mass is 35.5. The summed E-state index contributed by atoms with van der Waals surface area (Å²) in [5, 5.41) is 4.34. The van der Waals surface area contributed by atoms with Crippen molar-refractivity contribution >= 4 is 11.6 Å². The Kier molecular flexibility index (Phi) is 6.53. The Labute approximate surface area is 110 Å². The molecule has 2 atom stereocenters. The monoisotopic (exact) mass is 254 g/mol. The number of halogens is 1. The van der Waals surface area contributed by atoms with Gasteiger partial charge in [-0.2, -0.15) is 0 Å². The van der Waals surface area contributed by atoms with Crippen molar-refractivity contribution in [1.29, 1.82) is 0 Å². The maximum absolute atomic E-state index is 6.16. The molecule has 0 aromatic carbocycles. The molecule has 1 N–H and O–H groups in total. The first-order valence-electron chi connectivity index (χ1n) is 6.50. The fourth-order valence-electron chi connectivity index (χ4n) is 2.20. The molecule has 96 valence electrons. The van der Waals surface area contributed by atoms with Gasteiger partial charge in [0.2, 0.25) is 0 Å². The van der Waals surface area contributed by atoms with Crippen molar-refractivity contribution in [2.24, 2.45) is 5.92 Å². The third-order valence-corrected chi connectivity index (χ3v) is 3.53. The summed E-state index contributed by atoms with van der Waals surface area (Å²) in [7, 11) is 0. The van der Waals surface area contributed by atoms with Crippen molar-refractivity contribution in [3.63, 3.8) is 0 Å². The van der Waals surface area contributed by atoms with E-state index in [2.05, 4.69) is 31.1 Å². The van der Waals surface area contributed by atoms with Crippen molar-refractivity contribution in [2.75, 3.05) is 6.54 Å². The molecule has 1 aromatic heterocycles. The summed E-state index contributed by atoms with van der Waals surface area (Å²) in [5.74, 6) is 0.671. The Morgan fingerprint density at radius 2 is 2.18 bits per heavy atom. The van der Waals surface area contributed by atoms with E-state index in [1.165, 1.54) is 18.4 Å². The molecule has 0 saturated heterocycles. The first-order chi connectivity index (χ1) is 8.19. The van der Waals surface area contributed by atoms with Crippen molar-refractivity contribution in [2.45, 2.75) is 46.1 Å². The molecule has 0 spiro atoms. The molecule has 0 fully saturated rings. The van der Waals surface area contributed by atoms with Gasteiger partial charge in [0.05, 0.1) is 5.02 Å². The number of pyridine rings is 1. The summed E-state index contributed by atoms with van der Waals surface area (Å²) >= 11 is 6.16. The number of hydrogen-bond donors (Lipinski definition) is 1. The summed E-state index contributed by atoms with van der Waals surface area (Å²) in [5.41, 5.74) is 1.19. The molecule has 0 radical (unpaired) electrons. The van der Waals surface area contributed by atoms with Crippen molar-refractivity contribution in [1.82, 2.24) is 10.3 Å². The van der Waals surface area contributed by atoms with Gasteiger partial charge in [0.15, 0.2) is 0 Å². The van der Waals surface area contributed by atoms with Gasteiger partial charge in [-0.05, 0) is 36.9 Å². The van der Waals surface area contributed by atoms with E-state index >= 15 is 0 Å². The number of hydrogen-bond acceptors (Lipinski definition) is 2. The zero-order valence-corrected chi connectivity index (χ0v) is 11.8. The lowest BCUT2D eigenvalue weighted by atomic mass is 9.92. The van der Waals surface area contributed by atoms with Crippen LogP contribution in [0.15, 0.2) is 18.5 Å². The zero-order chi connectivity index (χ0) is 12.7. The summed E-state index contributed by atoms with van der Waals surface area (Å²) in [6, 6.07) is 2.52. The van der Waals surface area contributed by atoms with Gasteiger partial charge in [-0.1, -0.05) is 38.8 Å². The van der Waals surface area contributed by atoms with Crippen LogP contribution in [0.1, 0.15) is 39.2 Å². The third kappa shape index (κ3) is 4.64.